The number of hydrogen-bond acceptors (Lipinski definition) is 6. The van der Waals surface area contributed by atoms with Crippen molar-refractivity contribution in [2.45, 2.75) is 19.9 Å². The second-order valence-electron chi connectivity index (χ2n) is 8.75. The summed E-state index contributed by atoms with van der Waals surface area (Å²) in [6, 6.07) is 21.2. The summed E-state index contributed by atoms with van der Waals surface area (Å²) >= 11 is 0. The van der Waals surface area contributed by atoms with Crippen LogP contribution < -0.4 is 15.7 Å². The SMILES string of the molecule is Cc1ccc(-c2c(-c3ccc(C#N)cc3)cc(OCC3CCNC3)c3nn(CC#N)c(=O)n23)cc1. The molecule has 1 aliphatic heterocycles. The van der Waals surface area contributed by atoms with E-state index in [1.165, 1.54) is 9.08 Å². The third-order valence-electron chi connectivity index (χ3n) is 6.32. The van der Waals surface area contributed by atoms with Gasteiger partial charge < -0.3 is 10.1 Å². The highest BCUT2D eigenvalue weighted by Crippen LogP contribution is 2.37. The van der Waals surface area contributed by atoms with E-state index in [0.717, 1.165) is 41.8 Å². The molecule has 2 aromatic carbocycles. The van der Waals surface area contributed by atoms with Crippen LogP contribution in [0, 0.1) is 35.5 Å². The Bertz CT molecular complexity index is 1510. The molecule has 35 heavy (non-hydrogen) atoms. The minimum atomic E-state index is -0.403. The molecule has 174 valence electrons. The fourth-order valence-corrected chi connectivity index (χ4v) is 4.43. The minimum Gasteiger partial charge on any atom is -0.489 e. The predicted octanol–water partition coefficient (Wildman–Crippen LogP) is 3.52. The second kappa shape index (κ2) is 9.46. The average molecular weight is 465 g/mol. The summed E-state index contributed by atoms with van der Waals surface area (Å²) in [6.07, 6.45) is 1.02. The van der Waals surface area contributed by atoms with Crippen molar-refractivity contribution in [3.05, 3.63) is 76.2 Å². The Morgan fingerprint density at radius 3 is 2.51 bits per heavy atom. The number of ether oxygens (including phenoxy) is 1. The molecule has 1 unspecified atom stereocenters. The number of rotatable bonds is 6. The number of fused-ring (bicyclic) bond motifs is 1. The second-order valence-corrected chi connectivity index (χ2v) is 8.75. The van der Waals surface area contributed by atoms with Crippen molar-refractivity contribution in [3.63, 3.8) is 0 Å². The molecule has 0 bridgehead atoms. The zero-order chi connectivity index (χ0) is 24.4. The van der Waals surface area contributed by atoms with Gasteiger partial charge in [-0.05, 0) is 49.2 Å². The highest BCUT2D eigenvalue weighted by molar-refractivity contribution is 5.85. The van der Waals surface area contributed by atoms with E-state index in [4.69, 9.17) is 4.74 Å². The minimum absolute atomic E-state index is 0.161. The van der Waals surface area contributed by atoms with E-state index < -0.39 is 5.69 Å². The van der Waals surface area contributed by atoms with Gasteiger partial charge in [0.05, 0.1) is 30.0 Å². The topological polar surface area (TPSA) is 108 Å². The number of nitrogens with zero attached hydrogens (tertiary/aromatic N) is 5. The number of benzene rings is 2. The molecule has 1 fully saturated rings. The van der Waals surface area contributed by atoms with E-state index in [1.54, 1.807) is 12.1 Å². The van der Waals surface area contributed by atoms with E-state index in [0.29, 0.717) is 35.2 Å². The van der Waals surface area contributed by atoms with Crippen LogP contribution in [0.5, 0.6) is 5.75 Å². The number of aryl methyl sites for hydroxylation is 1. The molecule has 8 heteroatoms. The van der Waals surface area contributed by atoms with Gasteiger partial charge in [0.2, 0.25) is 5.65 Å². The molecular formula is C27H24N6O2. The van der Waals surface area contributed by atoms with Crippen LogP contribution in [-0.2, 0) is 6.54 Å². The Balaban J connectivity index is 1.78. The zero-order valence-electron chi connectivity index (χ0n) is 19.4. The fraction of sp³-hybridized carbons (Fsp3) is 0.259. The quantitative estimate of drug-likeness (QED) is 0.468. The highest BCUT2D eigenvalue weighted by atomic mass is 16.5. The third kappa shape index (κ3) is 4.28. The molecule has 5 rings (SSSR count). The lowest BCUT2D eigenvalue weighted by atomic mass is 9.97. The van der Waals surface area contributed by atoms with Gasteiger partial charge in [-0.15, -0.1) is 5.10 Å². The maximum Gasteiger partial charge on any atom is 0.351 e. The van der Waals surface area contributed by atoms with Gasteiger partial charge in [-0.1, -0.05) is 42.0 Å². The normalized spacial score (nSPS) is 15.1. The van der Waals surface area contributed by atoms with Crippen LogP contribution in [0.25, 0.3) is 28.0 Å². The maximum atomic E-state index is 13.5. The molecule has 0 aliphatic carbocycles. The van der Waals surface area contributed by atoms with Crippen molar-refractivity contribution in [1.82, 2.24) is 19.5 Å². The number of hydrogen-bond donors (Lipinski definition) is 1. The van der Waals surface area contributed by atoms with Crippen molar-refractivity contribution in [3.8, 4) is 40.3 Å². The summed E-state index contributed by atoms with van der Waals surface area (Å²) < 4.78 is 8.96. The van der Waals surface area contributed by atoms with E-state index >= 15 is 0 Å². The van der Waals surface area contributed by atoms with Crippen LogP contribution in [0.1, 0.15) is 17.5 Å². The summed E-state index contributed by atoms with van der Waals surface area (Å²) in [6.45, 7) is 4.19. The molecule has 0 spiro atoms. The first kappa shape index (κ1) is 22.4. The largest absolute Gasteiger partial charge is 0.489 e. The van der Waals surface area contributed by atoms with Crippen LogP contribution >= 0.6 is 0 Å². The van der Waals surface area contributed by atoms with Crippen LogP contribution in [0.15, 0.2) is 59.4 Å². The summed E-state index contributed by atoms with van der Waals surface area (Å²) in [5.74, 6) is 0.860. The van der Waals surface area contributed by atoms with Crippen molar-refractivity contribution in [2.24, 2.45) is 5.92 Å². The number of aromatic nitrogens is 3. The van der Waals surface area contributed by atoms with E-state index in [-0.39, 0.29) is 6.54 Å². The lowest BCUT2D eigenvalue weighted by molar-refractivity contribution is 0.261. The van der Waals surface area contributed by atoms with Crippen LogP contribution in [-0.4, -0.2) is 33.9 Å². The number of nitrogens with one attached hydrogen (secondary N) is 1. The third-order valence-corrected chi connectivity index (χ3v) is 6.32. The number of pyridine rings is 1. The van der Waals surface area contributed by atoms with E-state index in [1.807, 2.05) is 55.5 Å². The molecular weight excluding hydrogens is 440 g/mol. The van der Waals surface area contributed by atoms with Crippen molar-refractivity contribution >= 4 is 5.65 Å². The molecule has 2 aromatic heterocycles. The molecule has 4 aromatic rings. The first-order valence-corrected chi connectivity index (χ1v) is 11.5. The lowest BCUT2D eigenvalue weighted by Crippen LogP contribution is -2.22. The van der Waals surface area contributed by atoms with Gasteiger partial charge in [0.15, 0.2) is 5.75 Å². The molecule has 1 aliphatic rings. The van der Waals surface area contributed by atoms with Crippen molar-refractivity contribution in [1.29, 1.82) is 10.5 Å². The van der Waals surface area contributed by atoms with Gasteiger partial charge in [-0.25, -0.2) is 9.20 Å². The van der Waals surface area contributed by atoms with Gasteiger partial charge in [0.1, 0.15) is 6.54 Å². The standard InChI is InChI=1S/C27H24N6O2/c1-18-2-6-22(7-3-18)25-23(21-8-4-19(15-29)5-9-21)14-24(35-17-20-10-12-30-16-20)26-31-32(13-11-28)27(34)33(25)26/h2-9,14,20,30H,10,12-13,16-17H2,1H3. The summed E-state index contributed by atoms with van der Waals surface area (Å²) in [7, 11) is 0. The van der Waals surface area contributed by atoms with Gasteiger partial charge in [-0.2, -0.15) is 15.2 Å². The Kier molecular flexibility index (Phi) is 6.05. The lowest BCUT2D eigenvalue weighted by Gasteiger charge is -2.17. The van der Waals surface area contributed by atoms with E-state index in [2.05, 4.69) is 16.5 Å². The van der Waals surface area contributed by atoms with Crippen LogP contribution in [0.2, 0.25) is 0 Å². The molecule has 8 nitrogen and oxygen atoms in total. The fourth-order valence-electron chi connectivity index (χ4n) is 4.43. The van der Waals surface area contributed by atoms with Gasteiger partial charge in [0, 0.05) is 18.0 Å². The summed E-state index contributed by atoms with van der Waals surface area (Å²) in [4.78, 5) is 13.5. The highest BCUT2D eigenvalue weighted by Gasteiger charge is 2.23. The predicted molar refractivity (Wildman–Crippen MR) is 132 cm³/mol. The summed E-state index contributed by atoms with van der Waals surface area (Å²) in [5.41, 5.74) is 4.75. The van der Waals surface area contributed by atoms with Gasteiger partial charge in [0.25, 0.3) is 0 Å². The van der Waals surface area contributed by atoms with Crippen LogP contribution in [0.3, 0.4) is 0 Å². The Hall–Kier alpha value is -4.40. The summed E-state index contributed by atoms with van der Waals surface area (Å²) in [5, 5.41) is 26.3. The molecule has 1 saturated heterocycles. The van der Waals surface area contributed by atoms with Crippen molar-refractivity contribution < 1.29 is 4.74 Å². The maximum absolute atomic E-state index is 13.5. The van der Waals surface area contributed by atoms with Gasteiger partial charge in [-0.3, -0.25) is 0 Å². The smallest absolute Gasteiger partial charge is 0.351 e. The van der Waals surface area contributed by atoms with Gasteiger partial charge >= 0.3 is 5.69 Å². The Morgan fingerprint density at radius 1 is 1.11 bits per heavy atom. The number of nitriles is 2. The molecule has 1 atom stereocenters. The van der Waals surface area contributed by atoms with E-state index in [9.17, 15) is 15.3 Å². The molecule has 0 amide bonds. The zero-order valence-corrected chi connectivity index (χ0v) is 19.4. The molecule has 3 heterocycles. The van der Waals surface area contributed by atoms with Crippen molar-refractivity contribution in [2.75, 3.05) is 19.7 Å². The molecule has 0 radical (unpaired) electrons. The molecule has 0 saturated carbocycles. The Labute approximate surface area is 202 Å². The first-order chi connectivity index (χ1) is 17.1. The molecule has 1 N–H and O–H groups in total. The first-order valence-electron chi connectivity index (χ1n) is 11.5. The Morgan fingerprint density at radius 2 is 1.86 bits per heavy atom. The van der Waals surface area contributed by atoms with Crippen LogP contribution in [0.4, 0.5) is 0 Å². The average Bonchev–Trinajstić information content (AvgIpc) is 3.52. The monoisotopic (exact) mass is 464 g/mol.